The Morgan fingerprint density at radius 2 is 1.29 bits per heavy atom. The van der Waals surface area contributed by atoms with E-state index in [0.717, 1.165) is 5.30 Å². The molecule has 0 saturated carbocycles. The summed E-state index contributed by atoms with van der Waals surface area (Å²) in [5, 5.41) is 1.10. The molecule has 0 atom stereocenters. The molecular formula is C8H11AuClO6P. The normalized spacial score (nSPS) is 10.3. The minimum Gasteiger partial charge on any atom is -0.334 e. The third kappa shape index (κ3) is 12.7. The maximum Gasteiger partial charge on any atom is 1.00 e. The first-order valence-electron chi connectivity index (χ1n) is 3.93. The maximum absolute atomic E-state index is 8.49. The van der Waals surface area contributed by atoms with Gasteiger partial charge < -0.3 is 9.05 Å². The average Bonchev–Trinajstić information content (AvgIpc) is 2.19. The second kappa shape index (κ2) is 10.4. The third-order valence-corrected chi connectivity index (χ3v) is 2.68. The maximum atomic E-state index is 8.49. The summed E-state index contributed by atoms with van der Waals surface area (Å²) >= 11 is 0. The van der Waals surface area contributed by atoms with Crippen molar-refractivity contribution in [3.05, 3.63) is 30.3 Å². The molecule has 102 valence electrons. The van der Waals surface area contributed by atoms with Crippen molar-refractivity contribution in [3.63, 3.8) is 0 Å². The largest absolute Gasteiger partial charge is 1.00 e. The van der Waals surface area contributed by atoms with Gasteiger partial charge in [-0.1, -0.05) is 18.2 Å². The number of hydrogen-bond donors (Lipinski definition) is 0. The van der Waals surface area contributed by atoms with Gasteiger partial charge in [0, 0.05) is 19.5 Å². The molecule has 0 amide bonds. The number of hydrogen-bond acceptors (Lipinski definition) is 6. The Balaban J connectivity index is 0. The van der Waals surface area contributed by atoms with E-state index in [9.17, 15) is 0 Å². The SMILES string of the molecule is COP(OC)c1ccccc1.[Au+].[O-][Cl+3]([O-])([O-])[O-]. The molecule has 0 bridgehead atoms. The van der Waals surface area contributed by atoms with E-state index < -0.39 is 18.6 Å². The molecule has 17 heavy (non-hydrogen) atoms. The molecule has 0 aliphatic heterocycles. The fourth-order valence-electron chi connectivity index (χ4n) is 0.835. The van der Waals surface area contributed by atoms with Crippen molar-refractivity contribution in [1.29, 1.82) is 0 Å². The number of halogens is 1. The summed E-state index contributed by atoms with van der Waals surface area (Å²) in [7, 11) is -2.49. The Bertz CT molecular complexity index is 273. The first-order valence-corrected chi connectivity index (χ1v) is 6.35. The van der Waals surface area contributed by atoms with Crippen LogP contribution in [0.25, 0.3) is 0 Å². The van der Waals surface area contributed by atoms with Crippen molar-refractivity contribution in [2.75, 3.05) is 14.2 Å². The Labute approximate surface area is 118 Å². The molecule has 0 saturated heterocycles. The summed E-state index contributed by atoms with van der Waals surface area (Å²) in [6.07, 6.45) is 0. The summed E-state index contributed by atoms with van der Waals surface area (Å²) in [6.45, 7) is 0. The molecule has 0 fully saturated rings. The van der Waals surface area contributed by atoms with Crippen LogP contribution in [-0.4, -0.2) is 14.2 Å². The van der Waals surface area contributed by atoms with Crippen LogP contribution in [0.4, 0.5) is 0 Å². The monoisotopic (exact) mass is 466 g/mol. The molecular weight excluding hydrogens is 455 g/mol. The van der Waals surface area contributed by atoms with Gasteiger partial charge in [0.1, 0.15) is 0 Å². The standard InChI is InChI=1S/C8H11O2P.Au.ClHO4/c1-9-11(10-2)8-6-4-3-5-7-8;;2-1(3,4)5/h3-7H,1-2H3;;(H,2,3,4,5)/q;+1;/p-1. The molecule has 0 N–H and O–H groups in total. The van der Waals surface area contributed by atoms with Crippen molar-refractivity contribution in [3.8, 4) is 0 Å². The fraction of sp³-hybridized carbons (Fsp3) is 0.250. The zero-order chi connectivity index (χ0) is 12.6. The van der Waals surface area contributed by atoms with Crippen molar-refractivity contribution >= 4 is 13.7 Å². The Morgan fingerprint density at radius 3 is 1.59 bits per heavy atom. The van der Waals surface area contributed by atoms with Crippen LogP contribution in [0, 0.1) is 10.2 Å². The molecule has 0 spiro atoms. The van der Waals surface area contributed by atoms with Crippen LogP contribution < -0.4 is 23.9 Å². The smallest absolute Gasteiger partial charge is 0.334 e. The Kier molecular flexibility index (Phi) is 12.1. The van der Waals surface area contributed by atoms with Crippen molar-refractivity contribution in [1.82, 2.24) is 0 Å². The molecule has 1 aromatic carbocycles. The fourth-order valence-corrected chi connectivity index (χ4v) is 1.82. The van der Waals surface area contributed by atoms with Crippen molar-refractivity contribution in [2.45, 2.75) is 0 Å². The van der Waals surface area contributed by atoms with Gasteiger partial charge in [-0.15, -0.1) is 10.2 Å². The predicted octanol–water partition coefficient (Wildman–Crippen LogP) is -2.84. The molecule has 0 heterocycles. The van der Waals surface area contributed by atoms with Crippen LogP contribution in [0.3, 0.4) is 0 Å². The topological polar surface area (TPSA) is 111 Å². The summed E-state index contributed by atoms with van der Waals surface area (Å²) < 4.78 is 44.2. The second-order valence-electron chi connectivity index (χ2n) is 2.34. The molecule has 1 rings (SSSR count). The summed E-state index contributed by atoms with van der Waals surface area (Å²) in [5.41, 5.74) is 0. The van der Waals surface area contributed by atoms with Crippen LogP contribution in [0.15, 0.2) is 30.3 Å². The molecule has 9 heteroatoms. The van der Waals surface area contributed by atoms with Gasteiger partial charge >= 0.3 is 22.4 Å². The van der Waals surface area contributed by atoms with Crippen molar-refractivity contribution in [2.24, 2.45) is 0 Å². The van der Waals surface area contributed by atoms with E-state index in [0.29, 0.717) is 0 Å². The van der Waals surface area contributed by atoms with Gasteiger partial charge in [-0.05, 0) is 12.1 Å². The quantitative estimate of drug-likeness (QED) is 0.351. The molecule has 0 aliphatic carbocycles. The van der Waals surface area contributed by atoms with Gasteiger partial charge in [-0.3, -0.25) is 0 Å². The Hall–Kier alpha value is 0.440. The summed E-state index contributed by atoms with van der Waals surface area (Å²) in [6, 6.07) is 9.92. The van der Waals surface area contributed by atoms with Crippen LogP contribution in [0.1, 0.15) is 0 Å². The van der Waals surface area contributed by atoms with E-state index in [4.69, 9.17) is 27.7 Å². The first-order chi connectivity index (χ1) is 7.38. The third-order valence-electron chi connectivity index (χ3n) is 1.30. The van der Waals surface area contributed by atoms with Gasteiger partial charge in [-0.25, -0.2) is 18.6 Å². The van der Waals surface area contributed by atoms with Gasteiger partial charge in [0.05, 0.1) is 0 Å². The molecule has 0 aliphatic rings. The Morgan fingerprint density at radius 1 is 0.941 bits per heavy atom. The number of benzene rings is 1. The van der Waals surface area contributed by atoms with Gasteiger partial charge in [0.2, 0.25) is 8.38 Å². The van der Waals surface area contributed by atoms with E-state index in [2.05, 4.69) is 0 Å². The summed E-state index contributed by atoms with van der Waals surface area (Å²) in [5.74, 6) is 0. The minimum atomic E-state index is -4.94. The zero-order valence-corrected chi connectivity index (χ0v) is 12.8. The van der Waals surface area contributed by atoms with E-state index >= 15 is 0 Å². The van der Waals surface area contributed by atoms with E-state index in [1.165, 1.54) is 0 Å². The molecule has 1 aromatic rings. The first kappa shape index (κ1) is 19.8. The van der Waals surface area contributed by atoms with Gasteiger partial charge in [0.15, 0.2) is 0 Å². The van der Waals surface area contributed by atoms with Crippen molar-refractivity contribution < 1.29 is 60.3 Å². The van der Waals surface area contributed by atoms with Crippen LogP contribution in [-0.2, 0) is 31.4 Å². The van der Waals surface area contributed by atoms with E-state index in [1.54, 1.807) is 14.2 Å². The van der Waals surface area contributed by atoms with E-state index in [-0.39, 0.29) is 22.4 Å². The second-order valence-corrected chi connectivity index (χ2v) is 4.85. The molecule has 0 aromatic heterocycles. The summed E-state index contributed by atoms with van der Waals surface area (Å²) in [4.78, 5) is 0. The molecule has 0 unspecified atom stereocenters. The van der Waals surface area contributed by atoms with Gasteiger partial charge in [-0.2, -0.15) is 0 Å². The zero-order valence-electron chi connectivity index (χ0n) is 8.96. The average molecular weight is 467 g/mol. The van der Waals surface area contributed by atoms with Gasteiger partial charge in [0.25, 0.3) is 0 Å². The van der Waals surface area contributed by atoms with E-state index in [1.807, 2.05) is 30.3 Å². The van der Waals surface area contributed by atoms with Crippen LogP contribution in [0.2, 0.25) is 0 Å². The van der Waals surface area contributed by atoms with Crippen LogP contribution >= 0.6 is 8.38 Å². The molecule has 0 radical (unpaired) electrons. The predicted molar refractivity (Wildman–Crippen MR) is 47.0 cm³/mol. The van der Waals surface area contributed by atoms with Crippen LogP contribution in [0.5, 0.6) is 0 Å². The number of rotatable bonds is 3. The minimum absolute atomic E-state index is 0. The molecule has 6 nitrogen and oxygen atoms in total.